The second-order valence-electron chi connectivity index (χ2n) is 3.88. The van der Waals surface area contributed by atoms with Gasteiger partial charge in [-0.3, -0.25) is 14.9 Å². The average molecular weight is 298 g/mol. The van der Waals surface area contributed by atoms with Crippen LogP contribution in [0.15, 0.2) is 17.0 Å². The molecule has 2 rings (SSSR count). The first kappa shape index (κ1) is 13.8. The van der Waals surface area contributed by atoms with E-state index in [1.54, 1.807) is 6.07 Å². The van der Waals surface area contributed by atoms with E-state index in [-0.39, 0.29) is 5.69 Å². The summed E-state index contributed by atoms with van der Waals surface area (Å²) in [5, 5.41) is 20.0. The van der Waals surface area contributed by atoms with Crippen LogP contribution in [0.25, 0.3) is 10.2 Å². The molecule has 0 bridgehead atoms. The molecule has 1 N–H and O–H groups in total. The van der Waals surface area contributed by atoms with Crippen molar-refractivity contribution in [2.75, 3.05) is 0 Å². The molecule has 0 saturated carbocycles. The van der Waals surface area contributed by atoms with Crippen molar-refractivity contribution >= 4 is 45.0 Å². The van der Waals surface area contributed by atoms with Crippen molar-refractivity contribution in [1.82, 2.24) is 4.98 Å². The molecule has 1 aromatic heterocycles. The first-order chi connectivity index (χ1) is 8.88. The number of thiazole rings is 1. The van der Waals surface area contributed by atoms with E-state index in [2.05, 4.69) is 4.98 Å². The number of hydrogen-bond acceptors (Lipinski definition) is 6. The molecule has 0 aliphatic rings. The summed E-state index contributed by atoms with van der Waals surface area (Å²) in [6.45, 7) is 3.32. The number of nitro benzene ring substituents is 1. The van der Waals surface area contributed by atoms with E-state index in [9.17, 15) is 14.9 Å². The van der Waals surface area contributed by atoms with Crippen LogP contribution in [0.5, 0.6) is 0 Å². The van der Waals surface area contributed by atoms with Gasteiger partial charge in [-0.25, -0.2) is 4.98 Å². The van der Waals surface area contributed by atoms with Gasteiger partial charge in [0.15, 0.2) is 0 Å². The quantitative estimate of drug-likeness (QED) is 0.529. The Morgan fingerprint density at radius 1 is 1.58 bits per heavy atom. The third kappa shape index (κ3) is 2.85. The van der Waals surface area contributed by atoms with Gasteiger partial charge < -0.3 is 5.11 Å². The van der Waals surface area contributed by atoms with Crippen LogP contribution in [0.2, 0.25) is 0 Å². The number of rotatable bonds is 4. The molecule has 0 spiro atoms. The highest BCUT2D eigenvalue weighted by molar-refractivity contribution is 8.00. The Bertz CT molecular complexity index is 668. The van der Waals surface area contributed by atoms with Gasteiger partial charge in [0.1, 0.15) is 5.25 Å². The van der Waals surface area contributed by atoms with Crippen LogP contribution < -0.4 is 0 Å². The van der Waals surface area contributed by atoms with E-state index in [1.165, 1.54) is 24.3 Å². The minimum Gasteiger partial charge on any atom is -0.480 e. The molecule has 2 aromatic rings. The number of aliphatic carboxylic acids is 1. The topological polar surface area (TPSA) is 93.3 Å². The molecule has 1 aromatic carbocycles. The zero-order valence-electron chi connectivity index (χ0n) is 10.1. The van der Waals surface area contributed by atoms with Gasteiger partial charge in [0.25, 0.3) is 5.69 Å². The van der Waals surface area contributed by atoms with Crippen LogP contribution in [0, 0.1) is 17.0 Å². The van der Waals surface area contributed by atoms with Crippen molar-refractivity contribution in [2.24, 2.45) is 0 Å². The molecule has 8 heteroatoms. The van der Waals surface area contributed by atoms with Gasteiger partial charge in [0.2, 0.25) is 0 Å². The zero-order chi connectivity index (χ0) is 14.2. The fourth-order valence-corrected chi connectivity index (χ4v) is 3.29. The fourth-order valence-electron chi connectivity index (χ4n) is 1.54. The molecule has 100 valence electrons. The number of carboxylic acid groups (broad SMARTS) is 1. The van der Waals surface area contributed by atoms with Crippen molar-refractivity contribution < 1.29 is 14.8 Å². The average Bonchev–Trinajstić information content (AvgIpc) is 2.66. The van der Waals surface area contributed by atoms with E-state index in [0.717, 1.165) is 21.5 Å². The van der Waals surface area contributed by atoms with E-state index in [4.69, 9.17) is 5.11 Å². The highest BCUT2D eigenvalue weighted by Gasteiger charge is 2.22. The summed E-state index contributed by atoms with van der Waals surface area (Å²) in [5.41, 5.74) is 0.586. The van der Waals surface area contributed by atoms with Crippen molar-refractivity contribution in [1.29, 1.82) is 0 Å². The van der Waals surface area contributed by atoms with Crippen LogP contribution >= 0.6 is 23.1 Å². The summed E-state index contributed by atoms with van der Waals surface area (Å²) in [5.74, 6) is -1.01. The highest BCUT2D eigenvalue weighted by atomic mass is 32.2. The summed E-state index contributed by atoms with van der Waals surface area (Å²) >= 11 is 2.33. The molecule has 19 heavy (non-hydrogen) atoms. The predicted octanol–water partition coefficient (Wildman–Crippen LogP) is 3.08. The van der Waals surface area contributed by atoms with E-state index >= 15 is 0 Å². The molecule has 0 amide bonds. The lowest BCUT2D eigenvalue weighted by Gasteiger charge is -2.06. The van der Waals surface area contributed by atoms with Gasteiger partial charge in [0.05, 0.1) is 25.0 Å². The lowest BCUT2D eigenvalue weighted by atomic mass is 10.3. The van der Waals surface area contributed by atoms with E-state index < -0.39 is 16.1 Å². The Morgan fingerprint density at radius 2 is 2.26 bits per heavy atom. The van der Waals surface area contributed by atoms with Gasteiger partial charge in [-0.2, -0.15) is 0 Å². The predicted molar refractivity (Wildman–Crippen MR) is 74.0 cm³/mol. The van der Waals surface area contributed by atoms with Gasteiger partial charge in [0, 0.05) is 6.07 Å². The molecule has 0 aliphatic carbocycles. The molecule has 6 nitrogen and oxygen atoms in total. The number of hydrogen-bond donors (Lipinski definition) is 1. The maximum absolute atomic E-state index is 11.1. The molecular weight excluding hydrogens is 288 g/mol. The first-order valence-corrected chi connectivity index (χ1v) is 7.03. The summed E-state index contributed by atoms with van der Waals surface area (Å²) in [6.07, 6.45) is 0. The van der Waals surface area contributed by atoms with Gasteiger partial charge >= 0.3 is 5.97 Å². The molecule has 1 unspecified atom stereocenters. The Kier molecular flexibility index (Phi) is 3.72. The molecule has 0 aliphatic heterocycles. The highest BCUT2D eigenvalue weighted by Crippen LogP contribution is 2.37. The maximum Gasteiger partial charge on any atom is 0.316 e. The number of thioether (sulfide) groups is 1. The molecule has 1 heterocycles. The Hall–Kier alpha value is -1.67. The summed E-state index contributed by atoms with van der Waals surface area (Å²) in [4.78, 5) is 26.0. The first-order valence-electron chi connectivity index (χ1n) is 5.33. The fraction of sp³-hybridized carbons (Fsp3) is 0.273. The van der Waals surface area contributed by atoms with Crippen molar-refractivity contribution in [3.63, 3.8) is 0 Å². The number of carbonyl (C=O) groups is 1. The second-order valence-corrected chi connectivity index (χ2v) is 6.49. The number of benzene rings is 1. The standard InChI is InChI=1S/C11H10N2O4S2/c1-5(11(14)15)18-10-3-7-9(19-6(2)12-7)4-8(10)13(16)17/h3-5H,1-2H3,(H,14,15). The molecule has 0 fully saturated rings. The van der Waals surface area contributed by atoms with Gasteiger partial charge in [-0.1, -0.05) is 0 Å². The zero-order valence-corrected chi connectivity index (χ0v) is 11.7. The number of nitro groups is 1. The van der Waals surface area contributed by atoms with E-state index in [0.29, 0.717) is 10.4 Å². The van der Waals surface area contributed by atoms with Crippen molar-refractivity contribution in [2.45, 2.75) is 24.0 Å². The van der Waals surface area contributed by atoms with Crippen LogP contribution in [-0.4, -0.2) is 26.2 Å². The van der Waals surface area contributed by atoms with Crippen LogP contribution in [0.3, 0.4) is 0 Å². The molecular formula is C11H10N2O4S2. The monoisotopic (exact) mass is 298 g/mol. The lowest BCUT2D eigenvalue weighted by molar-refractivity contribution is -0.387. The molecule has 1 atom stereocenters. The van der Waals surface area contributed by atoms with Gasteiger partial charge in [-0.05, 0) is 19.9 Å². The smallest absolute Gasteiger partial charge is 0.316 e. The third-order valence-corrected chi connectivity index (χ3v) is 4.49. The SMILES string of the molecule is Cc1nc2cc(SC(C)C(=O)O)c([N+](=O)[O-])cc2s1. The van der Waals surface area contributed by atoms with Crippen molar-refractivity contribution in [3.05, 3.63) is 27.3 Å². The Morgan fingerprint density at radius 3 is 2.84 bits per heavy atom. The van der Waals surface area contributed by atoms with Crippen LogP contribution in [0.1, 0.15) is 11.9 Å². The number of fused-ring (bicyclic) bond motifs is 1. The number of carboxylic acids is 1. The van der Waals surface area contributed by atoms with Crippen LogP contribution in [0.4, 0.5) is 5.69 Å². The maximum atomic E-state index is 11.1. The Balaban J connectivity index is 2.53. The third-order valence-electron chi connectivity index (χ3n) is 2.42. The largest absolute Gasteiger partial charge is 0.480 e. The second kappa shape index (κ2) is 5.14. The number of aromatic nitrogens is 1. The number of nitrogens with zero attached hydrogens (tertiary/aromatic N) is 2. The molecule has 0 saturated heterocycles. The lowest BCUT2D eigenvalue weighted by Crippen LogP contribution is -2.11. The van der Waals surface area contributed by atoms with Crippen LogP contribution in [-0.2, 0) is 4.79 Å². The minimum atomic E-state index is -1.01. The van der Waals surface area contributed by atoms with E-state index in [1.807, 2.05) is 6.92 Å². The normalized spacial score (nSPS) is 12.5. The Labute approximate surface area is 116 Å². The minimum absolute atomic E-state index is 0.0748. The summed E-state index contributed by atoms with van der Waals surface area (Å²) in [7, 11) is 0. The summed E-state index contributed by atoms with van der Waals surface area (Å²) < 4.78 is 0.733. The summed E-state index contributed by atoms with van der Waals surface area (Å²) in [6, 6.07) is 3.04. The number of aryl methyl sites for hydroxylation is 1. The van der Waals surface area contributed by atoms with Crippen molar-refractivity contribution in [3.8, 4) is 0 Å². The van der Waals surface area contributed by atoms with Gasteiger partial charge in [-0.15, -0.1) is 23.1 Å². The molecule has 0 radical (unpaired) electrons.